The number of nitrogens with one attached hydrogen (secondary N) is 1. The minimum Gasteiger partial charge on any atom is -0.312 e. The van der Waals surface area contributed by atoms with Crippen molar-refractivity contribution in [2.24, 2.45) is 11.3 Å². The van der Waals surface area contributed by atoms with Gasteiger partial charge in [0.2, 0.25) is 11.8 Å². The van der Waals surface area contributed by atoms with Crippen LogP contribution in [-0.4, -0.2) is 29.1 Å². The molecule has 152 valence electrons. The molecular formula is C22H25N3O3S. The van der Waals surface area contributed by atoms with Gasteiger partial charge in [-0.3, -0.25) is 14.4 Å². The number of hydrogen-bond acceptors (Lipinski definition) is 5. The maximum absolute atomic E-state index is 12.8. The van der Waals surface area contributed by atoms with Crippen LogP contribution in [0.3, 0.4) is 0 Å². The van der Waals surface area contributed by atoms with Crippen molar-refractivity contribution in [3.05, 3.63) is 39.9 Å². The van der Waals surface area contributed by atoms with E-state index in [0.717, 1.165) is 28.9 Å². The molecule has 1 N–H and O–H groups in total. The Morgan fingerprint density at radius 1 is 1.17 bits per heavy atom. The van der Waals surface area contributed by atoms with Gasteiger partial charge in [-0.1, -0.05) is 31.3 Å². The lowest BCUT2D eigenvalue weighted by Gasteiger charge is -2.26. The van der Waals surface area contributed by atoms with Gasteiger partial charge in [0.1, 0.15) is 0 Å². The van der Waals surface area contributed by atoms with Crippen LogP contribution in [0, 0.1) is 25.2 Å². The summed E-state index contributed by atoms with van der Waals surface area (Å²) in [5.74, 6) is -0.615. The number of fused-ring (bicyclic) bond motifs is 1. The second-order valence-corrected chi connectivity index (χ2v) is 9.98. The average Bonchev–Trinajstić information content (AvgIpc) is 3.16. The smallest absolute Gasteiger partial charge is 0.231 e. The summed E-state index contributed by atoms with van der Waals surface area (Å²) in [6.45, 7) is 8.45. The molecule has 2 aliphatic rings. The number of aromatic nitrogens is 1. The quantitative estimate of drug-likeness (QED) is 0.831. The molecule has 0 saturated carbocycles. The highest BCUT2D eigenvalue weighted by atomic mass is 32.1. The average molecular weight is 412 g/mol. The van der Waals surface area contributed by atoms with Crippen molar-refractivity contribution >= 4 is 39.8 Å². The summed E-state index contributed by atoms with van der Waals surface area (Å²) < 4.78 is 0. The van der Waals surface area contributed by atoms with Gasteiger partial charge in [-0.2, -0.15) is 0 Å². The van der Waals surface area contributed by atoms with E-state index < -0.39 is 5.92 Å². The van der Waals surface area contributed by atoms with Gasteiger partial charge in [0, 0.05) is 25.1 Å². The van der Waals surface area contributed by atoms with E-state index in [0.29, 0.717) is 23.0 Å². The second kappa shape index (κ2) is 7.06. The number of carbonyl (C=O) groups is 3. The maximum atomic E-state index is 12.8. The zero-order valence-corrected chi connectivity index (χ0v) is 18.0. The molecule has 2 aromatic rings. The lowest BCUT2D eigenvalue weighted by Crippen LogP contribution is -2.28. The lowest BCUT2D eigenvalue weighted by molar-refractivity contribution is -0.122. The molecule has 1 unspecified atom stereocenters. The third-order valence-electron chi connectivity index (χ3n) is 5.48. The standard InChI is InChI=1S/C22H25N3O3S/c1-12-5-13(2)7-15(6-12)25-11-14(8-18(25)27)20(28)24-21-23-16-9-22(3,4)10-17(26)19(16)29-21/h5-7,14H,8-11H2,1-4H3,(H,23,24,28). The fourth-order valence-corrected chi connectivity index (χ4v) is 5.14. The molecule has 0 spiro atoms. The van der Waals surface area contributed by atoms with Crippen LogP contribution in [0.5, 0.6) is 0 Å². The lowest BCUT2D eigenvalue weighted by atomic mass is 9.78. The zero-order valence-electron chi connectivity index (χ0n) is 17.2. The summed E-state index contributed by atoms with van der Waals surface area (Å²) >= 11 is 1.24. The fourth-order valence-electron chi connectivity index (χ4n) is 4.22. The van der Waals surface area contributed by atoms with Crippen LogP contribution < -0.4 is 10.2 Å². The summed E-state index contributed by atoms with van der Waals surface area (Å²) in [7, 11) is 0. The van der Waals surface area contributed by atoms with Gasteiger partial charge >= 0.3 is 0 Å². The summed E-state index contributed by atoms with van der Waals surface area (Å²) in [5, 5.41) is 3.29. The number of benzene rings is 1. The van der Waals surface area contributed by atoms with Gasteiger partial charge in [-0.05, 0) is 48.9 Å². The summed E-state index contributed by atoms with van der Waals surface area (Å²) in [4.78, 5) is 44.5. The number of carbonyl (C=O) groups excluding carboxylic acids is 3. The molecule has 1 aliphatic carbocycles. The van der Waals surface area contributed by atoms with Crippen LogP contribution in [0.4, 0.5) is 10.8 Å². The van der Waals surface area contributed by atoms with Gasteiger partial charge in [0.05, 0.1) is 16.5 Å². The number of amides is 2. The molecule has 6 nitrogen and oxygen atoms in total. The normalized spacial score (nSPS) is 20.7. The van der Waals surface area contributed by atoms with Crippen molar-refractivity contribution in [1.29, 1.82) is 0 Å². The molecular weight excluding hydrogens is 386 g/mol. The number of ketones is 1. The van der Waals surface area contributed by atoms with E-state index in [2.05, 4.69) is 30.2 Å². The van der Waals surface area contributed by atoms with Crippen molar-refractivity contribution in [1.82, 2.24) is 4.98 Å². The molecule has 2 heterocycles. The molecule has 1 aromatic carbocycles. The van der Waals surface area contributed by atoms with Gasteiger partial charge in [-0.25, -0.2) is 4.98 Å². The molecule has 0 bridgehead atoms. The largest absolute Gasteiger partial charge is 0.312 e. The van der Waals surface area contributed by atoms with Crippen LogP contribution in [0.25, 0.3) is 0 Å². The predicted molar refractivity (Wildman–Crippen MR) is 114 cm³/mol. The van der Waals surface area contributed by atoms with E-state index in [1.165, 1.54) is 11.3 Å². The van der Waals surface area contributed by atoms with E-state index in [1.54, 1.807) is 4.90 Å². The number of thiazole rings is 1. The summed E-state index contributed by atoms with van der Waals surface area (Å²) in [5.41, 5.74) is 3.67. The number of anilines is 2. The van der Waals surface area contributed by atoms with Crippen molar-refractivity contribution in [3.8, 4) is 0 Å². The Kier molecular flexibility index (Phi) is 4.81. The van der Waals surface area contributed by atoms with E-state index in [1.807, 2.05) is 26.0 Å². The third-order valence-corrected chi connectivity index (χ3v) is 6.53. The minimum absolute atomic E-state index is 0.0505. The van der Waals surface area contributed by atoms with Crippen molar-refractivity contribution in [2.75, 3.05) is 16.8 Å². The van der Waals surface area contributed by atoms with Crippen molar-refractivity contribution in [3.63, 3.8) is 0 Å². The van der Waals surface area contributed by atoms with Crippen LogP contribution in [-0.2, 0) is 16.0 Å². The van der Waals surface area contributed by atoms with Gasteiger partial charge in [0.25, 0.3) is 0 Å². The SMILES string of the molecule is Cc1cc(C)cc(N2CC(C(=O)Nc3nc4c(s3)C(=O)CC(C)(C)C4)CC2=O)c1. The Labute approximate surface area is 174 Å². The topological polar surface area (TPSA) is 79.4 Å². The molecule has 1 aromatic heterocycles. The molecule has 4 rings (SSSR count). The van der Waals surface area contributed by atoms with Gasteiger partial charge < -0.3 is 10.2 Å². The zero-order chi connectivity index (χ0) is 20.9. The molecule has 7 heteroatoms. The number of aryl methyl sites for hydroxylation is 2. The monoisotopic (exact) mass is 411 g/mol. The van der Waals surface area contributed by atoms with E-state index in [9.17, 15) is 14.4 Å². The van der Waals surface area contributed by atoms with Gasteiger partial charge in [-0.15, -0.1) is 0 Å². The number of hydrogen-bond donors (Lipinski definition) is 1. The Morgan fingerprint density at radius 2 is 1.86 bits per heavy atom. The van der Waals surface area contributed by atoms with Crippen LogP contribution in [0.15, 0.2) is 18.2 Å². The minimum atomic E-state index is -0.434. The molecule has 29 heavy (non-hydrogen) atoms. The molecule has 1 aliphatic heterocycles. The van der Waals surface area contributed by atoms with Gasteiger partial charge in [0.15, 0.2) is 10.9 Å². The molecule has 0 radical (unpaired) electrons. The predicted octanol–water partition coefficient (Wildman–Crippen LogP) is 3.91. The first-order valence-corrected chi connectivity index (χ1v) is 10.7. The summed E-state index contributed by atoms with van der Waals surface area (Å²) in [6.07, 6.45) is 1.40. The fraction of sp³-hybridized carbons (Fsp3) is 0.455. The van der Waals surface area contributed by atoms with E-state index in [-0.39, 0.29) is 29.4 Å². The Balaban J connectivity index is 1.48. The first-order chi connectivity index (χ1) is 13.6. The number of Topliss-reactive ketones (excluding diaryl/α,β-unsaturated/α-hetero) is 1. The third kappa shape index (κ3) is 3.96. The highest BCUT2D eigenvalue weighted by molar-refractivity contribution is 7.17. The van der Waals surface area contributed by atoms with Crippen LogP contribution in [0.2, 0.25) is 0 Å². The number of nitrogens with zero attached hydrogens (tertiary/aromatic N) is 2. The van der Waals surface area contributed by atoms with Crippen LogP contribution in [0.1, 0.15) is 53.2 Å². The Hall–Kier alpha value is -2.54. The van der Waals surface area contributed by atoms with E-state index in [4.69, 9.17) is 0 Å². The first-order valence-electron chi connectivity index (χ1n) is 9.84. The van der Waals surface area contributed by atoms with Crippen molar-refractivity contribution < 1.29 is 14.4 Å². The van der Waals surface area contributed by atoms with Crippen molar-refractivity contribution in [2.45, 2.75) is 47.0 Å². The second-order valence-electron chi connectivity index (χ2n) is 8.98. The Bertz CT molecular complexity index is 1000. The Morgan fingerprint density at radius 3 is 2.55 bits per heavy atom. The molecule has 1 atom stereocenters. The first kappa shape index (κ1) is 19.8. The number of rotatable bonds is 3. The molecule has 1 saturated heterocycles. The van der Waals surface area contributed by atoms with E-state index >= 15 is 0 Å². The van der Waals surface area contributed by atoms with Crippen LogP contribution >= 0.6 is 11.3 Å². The molecule has 2 amide bonds. The maximum Gasteiger partial charge on any atom is 0.231 e. The highest BCUT2D eigenvalue weighted by Crippen LogP contribution is 2.38. The summed E-state index contributed by atoms with van der Waals surface area (Å²) in [6, 6.07) is 5.99. The highest BCUT2D eigenvalue weighted by Gasteiger charge is 2.37. The molecule has 1 fully saturated rings.